The summed E-state index contributed by atoms with van der Waals surface area (Å²) in [6.07, 6.45) is 2.10. The van der Waals surface area contributed by atoms with Crippen molar-refractivity contribution < 1.29 is 9.59 Å². The normalized spacial score (nSPS) is 11.0. The third-order valence-corrected chi connectivity index (χ3v) is 6.15. The summed E-state index contributed by atoms with van der Waals surface area (Å²) in [4.78, 5) is 27.2. The van der Waals surface area contributed by atoms with Gasteiger partial charge < -0.3 is 9.80 Å². The molecule has 0 aromatic carbocycles. The maximum atomic E-state index is 11.5. The standard InChI is InChI=1S/C12H26N4O2S4/c1-15(2)7-5-9-19-21-13-11(17)12(18)14-22-20-10-6-8-16(3)4/h5-10H2,1-4H3,(H,13,17)(H,14,18). The van der Waals surface area contributed by atoms with Crippen molar-refractivity contribution in [3.63, 3.8) is 0 Å². The molecule has 2 amide bonds. The summed E-state index contributed by atoms with van der Waals surface area (Å²) < 4.78 is 5.05. The third kappa shape index (κ3) is 15.2. The lowest BCUT2D eigenvalue weighted by Gasteiger charge is -2.09. The van der Waals surface area contributed by atoms with E-state index >= 15 is 0 Å². The number of rotatable bonds is 12. The van der Waals surface area contributed by atoms with Crippen molar-refractivity contribution in [2.75, 3.05) is 52.8 Å². The van der Waals surface area contributed by atoms with E-state index in [4.69, 9.17) is 0 Å². The van der Waals surface area contributed by atoms with E-state index in [1.54, 1.807) is 0 Å². The second-order valence-corrected chi connectivity index (χ2v) is 9.43. The average molecular weight is 387 g/mol. The molecule has 0 atom stereocenters. The minimum absolute atomic E-state index is 0.605. The lowest BCUT2D eigenvalue weighted by atomic mass is 10.5. The number of nitrogens with zero attached hydrogens (tertiary/aromatic N) is 2. The van der Waals surface area contributed by atoms with Crippen LogP contribution in [0.2, 0.25) is 0 Å². The summed E-state index contributed by atoms with van der Waals surface area (Å²) in [5, 5.41) is 0. The molecule has 0 saturated carbocycles. The molecule has 0 aliphatic rings. The summed E-state index contributed by atoms with van der Waals surface area (Å²) in [7, 11) is 13.6. The van der Waals surface area contributed by atoms with Gasteiger partial charge in [0.1, 0.15) is 0 Å². The molecular formula is C12H26N4O2S4. The molecule has 0 rings (SSSR count). The van der Waals surface area contributed by atoms with Crippen molar-refractivity contribution >= 4 is 55.4 Å². The monoisotopic (exact) mass is 386 g/mol. The fourth-order valence-electron chi connectivity index (χ4n) is 1.19. The Morgan fingerprint density at radius 2 is 1.14 bits per heavy atom. The zero-order valence-corrected chi connectivity index (χ0v) is 16.9. The van der Waals surface area contributed by atoms with E-state index in [1.807, 2.05) is 28.2 Å². The topological polar surface area (TPSA) is 64.7 Å². The van der Waals surface area contributed by atoms with Gasteiger partial charge in [0.2, 0.25) is 0 Å². The number of amides is 2. The van der Waals surface area contributed by atoms with Gasteiger partial charge in [-0.15, -0.1) is 0 Å². The van der Waals surface area contributed by atoms with Gasteiger partial charge in [0.25, 0.3) is 0 Å². The van der Waals surface area contributed by atoms with Gasteiger partial charge in [-0.2, -0.15) is 0 Å². The zero-order chi connectivity index (χ0) is 16.8. The number of carbonyl (C=O) groups excluding carboxylic acids is 2. The maximum Gasteiger partial charge on any atom is 0.320 e. The molecule has 0 heterocycles. The third-order valence-electron chi connectivity index (χ3n) is 2.26. The molecule has 6 nitrogen and oxygen atoms in total. The lowest BCUT2D eigenvalue weighted by Crippen LogP contribution is -2.32. The highest BCUT2D eigenvalue weighted by Gasteiger charge is 2.13. The van der Waals surface area contributed by atoms with E-state index in [9.17, 15) is 9.59 Å². The van der Waals surface area contributed by atoms with Crippen molar-refractivity contribution in [2.24, 2.45) is 0 Å². The average Bonchev–Trinajstić information content (AvgIpc) is 2.45. The van der Waals surface area contributed by atoms with Crippen LogP contribution in [0.5, 0.6) is 0 Å². The van der Waals surface area contributed by atoms with Crippen LogP contribution in [-0.4, -0.2) is 74.4 Å². The van der Waals surface area contributed by atoms with Gasteiger partial charge in [-0.1, -0.05) is 21.6 Å². The minimum atomic E-state index is -0.605. The number of hydrogen-bond donors (Lipinski definition) is 2. The van der Waals surface area contributed by atoms with E-state index in [0.717, 1.165) is 37.4 Å². The summed E-state index contributed by atoms with van der Waals surface area (Å²) in [6, 6.07) is 0. The first-order valence-electron chi connectivity index (χ1n) is 6.90. The molecule has 10 heteroatoms. The second kappa shape index (κ2) is 14.8. The van der Waals surface area contributed by atoms with Crippen LogP contribution in [0, 0.1) is 0 Å². The van der Waals surface area contributed by atoms with Crippen molar-refractivity contribution in [2.45, 2.75) is 12.8 Å². The molecule has 0 radical (unpaired) electrons. The number of nitrogens with one attached hydrogen (secondary N) is 2. The van der Waals surface area contributed by atoms with Crippen LogP contribution in [0.15, 0.2) is 0 Å². The first-order valence-corrected chi connectivity index (χ1v) is 11.5. The van der Waals surface area contributed by atoms with E-state index in [0.29, 0.717) is 0 Å². The Balaban J connectivity index is 3.45. The highest BCUT2D eigenvalue weighted by molar-refractivity contribution is 8.76. The van der Waals surface area contributed by atoms with E-state index in [-0.39, 0.29) is 0 Å². The van der Waals surface area contributed by atoms with Crippen molar-refractivity contribution in [3.8, 4) is 0 Å². The Bertz CT molecular complexity index is 290. The Labute approximate surface area is 149 Å². The Hall–Kier alpha value is 0.260. The van der Waals surface area contributed by atoms with Crippen molar-refractivity contribution in [1.82, 2.24) is 19.2 Å². The van der Waals surface area contributed by atoms with Gasteiger partial charge in [-0.05, 0) is 54.1 Å². The van der Waals surface area contributed by atoms with E-state index in [1.165, 1.54) is 43.5 Å². The highest BCUT2D eigenvalue weighted by atomic mass is 33.1. The molecule has 130 valence electrons. The van der Waals surface area contributed by atoms with Gasteiger partial charge in [-0.25, -0.2) is 0 Å². The molecule has 2 N–H and O–H groups in total. The van der Waals surface area contributed by atoms with Crippen LogP contribution in [0.4, 0.5) is 0 Å². The second-order valence-electron chi connectivity index (χ2n) is 4.99. The number of carbonyl (C=O) groups is 2. The highest BCUT2D eigenvalue weighted by Crippen LogP contribution is 2.19. The molecule has 0 spiro atoms. The van der Waals surface area contributed by atoms with E-state index in [2.05, 4.69) is 19.2 Å². The smallest absolute Gasteiger partial charge is 0.309 e. The molecule has 0 aliphatic heterocycles. The van der Waals surface area contributed by atoms with Gasteiger partial charge in [-0.3, -0.25) is 19.0 Å². The van der Waals surface area contributed by atoms with Gasteiger partial charge in [0, 0.05) is 33.5 Å². The summed E-state index contributed by atoms with van der Waals surface area (Å²) in [6.45, 7) is 2.04. The SMILES string of the molecule is CN(C)CCCSSNC(=O)C(=O)NSSCCCN(C)C. The maximum absolute atomic E-state index is 11.5. The van der Waals surface area contributed by atoms with Crippen molar-refractivity contribution in [3.05, 3.63) is 0 Å². The molecule has 0 unspecified atom stereocenters. The molecule has 0 aromatic rings. The Morgan fingerprint density at radius 1 is 0.773 bits per heavy atom. The fourth-order valence-corrected chi connectivity index (χ4v) is 4.32. The Kier molecular flexibility index (Phi) is 15.0. The van der Waals surface area contributed by atoms with Gasteiger partial charge >= 0.3 is 11.8 Å². The summed E-state index contributed by atoms with van der Waals surface area (Å²) in [5.41, 5.74) is 0. The summed E-state index contributed by atoms with van der Waals surface area (Å²) in [5.74, 6) is 0.653. The molecule has 22 heavy (non-hydrogen) atoms. The molecular weight excluding hydrogens is 360 g/mol. The zero-order valence-electron chi connectivity index (χ0n) is 13.6. The van der Waals surface area contributed by atoms with Crippen LogP contribution >= 0.6 is 43.5 Å². The van der Waals surface area contributed by atoms with Crippen LogP contribution < -0.4 is 9.44 Å². The molecule has 0 fully saturated rings. The van der Waals surface area contributed by atoms with Crippen LogP contribution in [0.3, 0.4) is 0 Å². The fraction of sp³-hybridized carbons (Fsp3) is 0.833. The molecule has 0 bridgehead atoms. The van der Waals surface area contributed by atoms with Crippen molar-refractivity contribution in [1.29, 1.82) is 0 Å². The quantitative estimate of drug-likeness (QED) is 0.227. The molecule has 0 saturated heterocycles. The predicted molar refractivity (Wildman–Crippen MR) is 103 cm³/mol. The largest absolute Gasteiger partial charge is 0.320 e. The number of hydrogen-bond acceptors (Lipinski definition) is 8. The molecule has 0 aromatic heterocycles. The molecule has 0 aliphatic carbocycles. The van der Waals surface area contributed by atoms with Gasteiger partial charge in [0.15, 0.2) is 0 Å². The van der Waals surface area contributed by atoms with Crippen LogP contribution in [0.1, 0.15) is 12.8 Å². The van der Waals surface area contributed by atoms with Crippen LogP contribution in [-0.2, 0) is 9.59 Å². The predicted octanol–water partition coefficient (Wildman–Crippen LogP) is 1.71. The first-order chi connectivity index (χ1) is 10.4. The lowest BCUT2D eigenvalue weighted by molar-refractivity contribution is -0.136. The Morgan fingerprint density at radius 3 is 1.45 bits per heavy atom. The minimum Gasteiger partial charge on any atom is -0.309 e. The van der Waals surface area contributed by atoms with Crippen LogP contribution in [0.25, 0.3) is 0 Å². The first kappa shape index (κ1) is 22.3. The summed E-state index contributed by atoms with van der Waals surface area (Å²) >= 11 is 0. The van der Waals surface area contributed by atoms with E-state index < -0.39 is 11.8 Å². The van der Waals surface area contributed by atoms with Gasteiger partial charge in [0.05, 0.1) is 0 Å².